The number of para-hydroxylation sites is 2. The fraction of sp³-hybridized carbons (Fsp3) is 0.167. The van der Waals surface area contributed by atoms with Crippen LogP contribution in [0, 0.1) is 13.8 Å². The molecule has 0 aliphatic carbocycles. The van der Waals surface area contributed by atoms with E-state index < -0.39 is 0 Å². The molecule has 0 bridgehead atoms. The Bertz CT molecular complexity index is 1240. The summed E-state index contributed by atoms with van der Waals surface area (Å²) in [4.78, 5) is 16.6. The van der Waals surface area contributed by atoms with Crippen LogP contribution in [0.15, 0.2) is 67.0 Å². The first-order valence-corrected chi connectivity index (χ1v) is 10.5. The monoisotopic (exact) mass is 444 g/mol. The summed E-state index contributed by atoms with van der Waals surface area (Å²) in [6.45, 7) is 6.32. The minimum atomic E-state index is -0.373. The molecule has 0 spiro atoms. The van der Waals surface area contributed by atoms with Crippen LogP contribution in [0.5, 0.6) is 17.4 Å². The van der Waals surface area contributed by atoms with Crippen molar-refractivity contribution in [3.05, 3.63) is 78.4 Å². The van der Waals surface area contributed by atoms with Crippen LogP contribution in [0.2, 0.25) is 0 Å². The lowest BCUT2D eigenvalue weighted by Gasteiger charge is -2.12. The van der Waals surface area contributed by atoms with Crippen LogP contribution in [0.25, 0.3) is 5.82 Å². The smallest absolute Gasteiger partial charge is 0.323 e. The molecule has 0 fully saturated rings. The lowest BCUT2D eigenvalue weighted by atomic mass is 10.3. The Morgan fingerprint density at radius 2 is 1.76 bits per heavy atom. The Morgan fingerprint density at radius 3 is 2.42 bits per heavy atom. The number of anilines is 2. The van der Waals surface area contributed by atoms with E-state index in [1.807, 2.05) is 43.5 Å². The van der Waals surface area contributed by atoms with E-state index in [1.165, 1.54) is 0 Å². The summed E-state index contributed by atoms with van der Waals surface area (Å²) in [7, 11) is 0. The number of nitrogens with one attached hydrogen (secondary N) is 2. The van der Waals surface area contributed by atoms with Crippen molar-refractivity contribution in [1.82, 2.24) is 19.7 Å². The molecule has 2 aromatic heterocycles. The number of carbonyl (C=O) groups excluding carboxylic acids is 1. The molecule has 0 unspecified atom stereocenters. The minimum absolute atomic E-state index is 0.360. The van der Waals surface area contributed by atoms with E-state index in [1.54, 1.807) is 48.8 Å². The van der Waals surface area contributed by atoms with Crippen molar-refractivity contribution < 1.29 is 14.3 Å². The van der Waals surface area contributed by atoms with E-state index in [2.05, 4.69) is 25.8 Å². The Balaban J connectivity index is 1.36. The Kier molecular flexibility index (Phi) is 6.49. The summed E-state index contributed by atoms with van der Waals surface area (Å²) in [6, 6.07) is 17.4. The topological polar surface area (TPSA) is 103 Å². The van der Waals surface area contributed by atoms with Gasteiger partial charge in [-0.3, -0.25) is 4.57 Å². The minimum Gasteiger partial charge on any atom is -0.492 e. The van der Waals surface area contributed by atoms with Gasteiger partial charge in [-0.2, -0.15) is 0 Å². The van der Waals surface area contributed by atoms with Crippen molar-refractivity contribution in [1.29, 1.82) is 0 Å². The van der Waals surface area contributed by atoms with E-state index in [9.17, 15) is 4.79 Å². The van der Waals surface area contributed by atoms with Crippen molar-refractivity contribution in [2.45, 2.75) is 20.8 Å². The molecule has 168 valence electrons. The summed E-state index contributed by atoms with van der Waals surface area (Å²) < 4.78 is 13.2. The van der Waals surface area contributed by atoms with Crippen molar-refractivity contribution in [2.75, 3.05) is 17.2 Å². The molecular weight excluding hydrogens is 420 g/mol. The maximum Gasteiger partial charge on any atom is 0.323 e. The molecule has 33 heavy (non-hydrogen) atoms. The van der Waals surface area contributed by atoms with Gasteiger partial charge in [0.2, 0.25) is 5.88 Å². The first-order chi connectivity index (χ1) is 16.0. The average molecular weight is 444 g/mol. The van der Waals surface area contributed by atoms with E-state index >= 15 is 0 Å². The van der Waals surface area contributed by atoms with Gasteiger partial charge in [0.15, 0.2) is 5.82 Å². The molecule has 9 nitrogen and oxygen atoms in total. The summed E-state index contributed by atoms with van der Waals surface area (Å²) in [5, 5.41) is 13.9. The Morgan fingerprint density at radius 1 is 0.970 bits per heavy atom. The number of benzene rings is 2. The lowest BCUT2D eigenvalue weighted by molar-refractivity contribution is 0.262. The first-order valence-electron chi connectivity index (χ1n) is 10.5. The van der Waals surface area contributed by atoms with Crippen molar-refractivity contribution in [3.8, 4) is 23.2 Å². The molecule has 0 atom stereocenters. The third-order valence-electron chi connectivity index (χ3n) is 4.89. The van der Waals surface area contributed by atoms with Gasteiger partial charge in [0.05, 0.1) is 18.0 Å². The molecule has 2 amide bonds. The largest absolute Gasteiger partial charge is 0.492 e. The second-order valence-electron chi connectivity index (χ2n) is 7.15. The molecular formula is C24H24N6O3. The fourth-order valence-electron chi connectivity index (χ4n) is 3.09. The maximum atomic E-state index is 12.4. The number of amides is 2. The number of urea groups is 1. The molecule has 0 aliphatic rings. The van der Waals surface area contributed by atoms with Crippen LogP contribution in [-0.4, -0.2) is 32.4 Å². The predicted octanol–water partition coefficient (Wildman–Crippen LogP) is 5.11. The molecule has 2 aromatic carbocycles. The third-order valence-corrected chi connectivity index (χ3v) is 4.89. The first kappa shape index (κ1) is 21.8. The van der Waals surface area contributed by atoms with Crippen molar-refractivity contribution >= 4 is 17.4 Å². The highest BCUT2D eigenvalue weighted by molar-refractivity contribution is 6.00. The normalized spacial score (nSPS) is 10.5. The number of nitrogens with zero attached hydrogens (tertiary/aromatic N) is 4. The second kappa shape index (κ2) is 9.82. The van der Waals surface area contributed by atoms with Gasteiger partial charge in [-0.05, 0) is 63.2 Å². The van der Waals surface area contributed by atoms with Gasteiger partial charge in [-0.15, -0.1) is 10.2 Å². The number of aryl methyl sites for hydroxylation is 1. The number of ether oxygens (including phenoxy) is 2. The van der Waals surface area contributed by atoms with Crippen LogP contribution < -0.4 is 20.1 Å². The van der Waals surface area contributed by atoms with Crippen LogP contribution in [-0.2, 0) is 0 Å². The average Bonchev–Trinajstić information content (AvgIpc) is 3.15. The van der Waals surface area contributed by atoms with E-state index in [0.29, 0.717) is 41.2 Å². The zero-order chi connectivity index (χ0) is 23.2. The summed E-state index contributed by atoms with van der Waals surface area (Å²) in [5.41, 5.74) is 3.16. The number of hydrogen-bond acceptors (Lipinski definition) is 6. The molecule has 2 heterocycles. The van der Waals surface area contributed by atoms with Gasteiger partial charge in [0, 0.05) is 17.4 Å². The third kappa shape index (κ3) is 5.27. The molecule has 0 saturated carbocycles. The van der Waals surface area contributed by atoms with Gasteiger partial charge in [0.25, 0.3) is 0 Å². The molecule has 0 aliphatic heterocycles. The zero-order valence-corrected chi connectivity index (χ0v) is 18.6. The molecule has 4 rings (SSSR count). The van der Waals surface area contributed by atoms with E-state index in [-0.39, 0.29) is 6.03 Å². The van der Waals surface area contributed by atoms with Crippen LogP contribution in [0.3, 0.4) is 0 Å². The summed E-state index contributed by atoms with van der Waals surface area (Å²) >= 11 is 0. The Labute approximate surface area is 191 Å². The molecule has 2 N–H and O–H groups in total. The van der Waals surface area contributed by atoms with Gasteiger partial charge < -0.3 is 20.1 Å². The molecule has 4 aromatic rings. The van der Waals surface area contributed by atoms with Gasteiger partial charge in [-0.1, -0.05) is 12.1 Å². The molecule has 0 saturated heterocycles. The van der Waals surface area contributed by atoms with Gasteiger partial charge >= 0.3 is 6.03 Å². The van der Waals surface area contributed by atoms with Crippen molar-refractivity contribution in [3.63, 3.8) is 0 Å². The van der Waals surface area contributed by atoms with Gasteiger partial charge in [-0.25, -0.2) is 9.78 Å². The molecule has 9 heteroatoms. The lowest BCUT2D eigenvalue weighted by Crippen LogP contribution is -2.19. The second-order valence-corrected chi connectivity index (χ2v) is 7.15. The van der Waals surface area contributed by atoms with Crippen LogP contribution >= 0.6 is 0 Å². The standard InChI is InChI=1S/C24H24N6O3/c1-4-32-21-8-6-5-7-20(21)27-24(31)26-18-9-11-19(12-10-18)33-23-14-13-22(28-29-23)30-15-25-16(2)17(30)3/h5-15H,4H2,1-3H3,(H2,26,27,31). The van der Waals surface area contributed by atoms with E-state index in [4.69, 9.17) is 9.47 Å². The Hall–Kier alpha value is -4.40. The number of rotatable bonds is 7. The predicted molar refractivity (Wildman–Crippen MR) is 125 cm³/mol. The zero-order valence-electron chi connectivity index (χ0n) is 18.6. The molecule has 0 radical (unpaired) electrons. The fourth-order valence-corrected chi connectivity index (χ4v) is 3.09. The van der Waals surface area contributed by atoms with Gasteiger partial charge in [0.1, 0.15) is 17.8 Å². The number of aromatic nitrogens is 4. The highest BCUT2D eigenvalue weighted by Crippen LogP contribution is 2.25. The number of carbonyl (C=O) groups is 1. The SMILES string of the molecule is CCOc1ccccc1NC(=O)Nc1ccc(Oc2ccc(-n3cnc(C)c3C)nn2)cc1. The summed E-state index contributed by atoms with van der Waals surface area (Å²) in [6.07, 6.45) is 1.71. The van der Waals surface area contributed by atoms with Crippen LogP contribution in [0.1, 0.15) is 18.3 Å². The summed E-state index contributed by atoms with van der Waals surface area (Å²) in [5.74, 6) is 2.21. The quantitative estimate of drug-likeness (QED) is 0.410. The van der Waals surface area contributed by atoms with Crippen LogP contribution in [0.4, 0.5) is 16.2 Å². The van der Waals surface area contributed by atoms with Crippen molar-refractivity contribution in [2.24, 2.45) is 0 Å². The highest BCUT2D eigenvalue weighted by atomic mass is 16.5. The highest BCUT2D eigenvalue weighted by Gasteiger charge is 2.09. The van der Waals surface area contributed by atoms with E-state index in [0.717, 1.165) is 11.4 Å². The number of hydrogen-bond donors (Lipinski definition) is 2. The number of imidazole rings is 1. The maximum absolute atomic E-state index is 12.4.